The molecule has 2 nitrogen and oxygen atoms in total. The minimum atomic E-state index is 1.06. The van der Waals surface area contributed by atoms with Crippen LogP contribution in [0.5, 0.6) is 0 Å². The molecular weight excluding hydrogens is 208 g/mol. The maximum Gasteiger partial charge on any atom is 0.0373 e. The highest BCUT2D eigenvalue weighted by atomic mass is 14.9. The third kappa shape index (κ3) is 2.03. The van der Waals surface area contributed by atoms with Crippen molar-refractivity contribution in [3.05, 3.63) is 47.8 Å². The van der Waals surface area contributed by atoms with Crippen LogP contribution in [0.4, 0.5) is 5.69 Å². The van der Waals surface area contributed by atoms with Crippen molar-refractivity contribution in [3.63, 3.8) is 0 Å². The Balaban J connectivity index is 2.01. The van der Waals surface area contributed by atoms with Gasteiger partial charge in [0.25, 0.3) is 0 Å². The van der Waals surface area contributed by atoms with Gasteiger partial charge in [0.05, 0.1) is 0 Å². The summed E-state index contributed by atoms with van der Waals surface area (Å²) in [4.78, 5) is 4.35. The van der Waals surface area contributed by atoms with E-state index in [1.807, 2.05) is 13.1 Å². The second-order valence-corrected chi connectivity index (χ2v) is 4.59. The van der Waals surface area contributed by atoms with Gasteiger partial charge in [0, 0.05) is 29.7 Å². The number of aryl methyl sites for hydroxylation is 2. The van der Waals surface area contributed by atoms with Gasteiger partial charge in [-0.15, -0.1) is 0 Å². The first-order chi connectivity index (χ1) is 8.33. The van der Waals surface area contributed by atoms with Crippen LogP contribution in [-0.2, 0) is 6.42 Å². The lowest BCUT2D eigenvalue weighted by Crippen LogP contribution is -2.11. The van der Waals surface area contributed by atoms with E-state index in [1.165, 1.54) is 35.2 Å². The molecule has 2 heterocycles. The van der Waals surface area contributed by atoms with Gasteiger partial charge in [-0.25, -0.2) is 0 Å². The van der Waals surface area contributed by atoms with Crippen LogP contribution in [0.15, 0.2) is 36.5 Å². The van der Waals surface area contributed by atoms with Crippen LogP contribution in [0.25, 0.3) is 11.1 Å². The van der Waals surface area contributed by atoms with E-state index in [4.69, 9.17) is 0 Å². The van der Waals surface area contributed by atoms with Crippen LogP contribution in [0, 0.1) is 6.92 Å². The summed E-state index contributed by atoms with van der Waals surface area (Å²) in [6, 6.07) is 10.8. The molecule has 0 aliphatic carbocycles. The molecule has 1 aromatic heterocycles. The fraction of sp³-hybridized carbons (Fsp3) is 0.267. The monoisotopic (exact) mass is 224 g/mol. The van der Waals surface area contributed by atoms with Gasteiger partial charge >= 0.3 is 0 Å². The fourth-order valence-corrected chi connectivity index (χ4v) is 2.29. The summed E-state index contributed by atoms with van der Waals surface area (Å²) in [5.41, 5.74) is 6.24. The van der Waals surface area contributed by atoms with E-state index in [-0.39, 0.29) is 0 Å². The van der Waals surface area contributed by atoms with Gasteiger partial charge in [0.15, 0.2) is 0 Å². The first-order valence-corrected chi connectivity index (χ1v) is 6.13. The largest absolute Gasteiger partial charge is 0.385 e. The molecule has 86 valence electrons. The van der Waals surface area contributed by atoms with Crippen LogP contribution in [0.2, 0.25) is 0 Å². The van der Waals surface area contributed by atoms with E-state index in [0.29, 0.717) is 0 Å². The molecule has 0 unspecified atom stereocenters. The summed E-state index contributed by atoms with van der Waals surface area (Å²) >= 11 is 0. The van der Waals surface area contributed by atoms with Gasteiger partial charge in [0.1, 0.15) is 0 Å². The van der Waals surface area contributed by atoms with Crippen molar-refractivity contribution in [3.8, 4) is 11.1 Å². The number of hydrogen-bond acceptors (Lipinski definition) is 2. The van der Waals surface area contributed by atoms with Gasteiger partial charge in [-0.05, 0) is 49.1 Å². The summed E-state index contributed by atoms with van der Waals surface area (Å²) in [6.07, 6.45) is 4.35. The fourth-order valence-electron chi connectivity index (χ4n) is 2.29. The van der Waals surface area contributed by atoms with Crippen LogP contribution < -0.4 is 5.32 Å². The van der Waals surface area contributed by atoms with Crippen LogP contribution >= 0.6 is 0 Å². The van der Waals surface area contributed by atoms with Crippen molar-refractivity contribution in [1.29, 1.82) is 0 Å². The van der Waals surface area contributed by atoms with Gasteiger partial charge < -0.3 is 5.32 Å². The molecule has 0 radical (unpaired) electrons. The number of rotatable bonds is 1. The van der Waals surface area contributed by atoms with Gasteiger partial charge in [-0.2, -0.15) is 0 Å². The highest BCUT2D eigenvalue weighted by molar-refractivity contribution is 5.68. The first-order valence-electron chi connectivity index (χ1n) is 6.13. The third-order valence-corrected chi connectivity index (χ3v) is 3.29. The van der Waals surface area contributed by atoms with Crippen molar-refractivity contribution in [2.24, 2.45) is 0 Å². The Morgan fingerprint density at radius 2 is 2.00 bits per heavy atom. The highest BCUT2D eigenvalue weighted by Gasteiger charge is 2.09. The normalized spacial score (nSPS) is 13.9. The zero-order chi connectivity index (χ0) is 11.7. The van der Waals surface area contributed by atoms with Crippen molar-refractivity contribution >= 4 is 5.69 Å². The summed E-state index contributed by atoms with van der Waals surface area (Å²) in [5.74, 6) is 0. The number of anilines is 1. The van der Waals surface area contributed by atoms with Crippen LogP contribution in [0.1, 0.15) is 17.7 Å². The van der Waals surface area contributed by atoms with Gasteiger partial charge in [-0.3, -0.25) is 4.98 Å². The minimum absolute atomic E-state index is 1.06. The Kier molecular flexibility index (Phi) is 2.56. The molecule has 0 atom stereocenters. The molecule has 1 aliphatic rings. The van der Waals surface area contributed by atoms with Crippen LogP contribution in [-0.4, -0.2) is 11.5 Å². The molecule has 0 fully saturated rings. The molecule has 0 amide bonds. The Morgan fingerprint density at radius 3 is 2.82 bits per heavy atom. The van der Waals surface area contributed by atoms with E-state index in [1.54, 1.807) is 0 Å². The predicted molar refractivity (Wildman–Crippen MR) is 71.2 cm³/mol. The van der Waals surface area contributed by atoms with Gasteiger partial charge in [-0.1, -0.05) is 12.1 Å². The molecule has 17 heavy (non-hydrogen) atoms. The Labute approximate surface area is 102 Å². The molecule has 2 heteroatoms. The zero-order valence-electron chi connectivity index (χ0n) is 10.0. The smallest absolute Gasteiger partial charge is 0.0373 e. The molecule has 0 saturated heterocycles. The lowest BCUT2D eigenvalue weighted by Gasteiger charge is -2.18. The van der Waals surface area contributed by atoms with E-state index in [9.17, 15) is 0 Å². The molecule has 1 aliphatic heterocycles. The van der Waals surface area contributed by atoms with Crippen LogP contribution in [0.3, 0.4) is 0 Å². The zero-order valence-corrected chi connectivity index (χ0v) is 10.0. The summed E-state index contributed by atoms with van der Waals surface area (Å²) in [5, 5.41) is 3.43. The SMILES string of the molecule is Cc1ccc(-c2ccc3c(c2)CCCN3)cn1. The third-order valence-electron chi connectivity index (χ3n) is 3.29. The molecule has 1 aromatic carbocycles. The number of nitrogens with one attached hydrogen (secondary N) is 1. The summed E-state index contributed by atoms with van der Waals surface area (Å²) < 4.78 is 0. The molecule has 2 aromatic rings. The first kappa shape index (κ1) is 10.3. The molecule has 3 rings (SSSR count). The number of fused-ring (bicyclic) bond motifs is 1. The lowest BCUT2D eigenvalue weighted by atomic mass is 9.98. The van der Waals surface area contributed by atoms with Crippen molar-refractivity contribution in [2.75, 3.05) is 11.9 Å². The molecule has 0 bridgehead atoms. The van der Waals surface area contributed by atoms with E-state index in [2.05, 4.69) is 40.6 Å². The topological polar surface area (TPSA) is 24.9 Å². The molecular formula is C15H16N2. The standard InChI is InChI=1S/C15H16N2/c1-11-4-5-14(10-17-11)12-6-7-15-13(9-12)3-2-8-16-15/h4-7,9-10,16H,2-3,8H2,1H3. The minimum Gasteiger partial charge on any atom is -0.385 e. The quantitative estimate of drug-likeness (QED) is 0.803. The van der Waals surface area contributed by atoms with Crippen molar-refractivity contribution in [1.82, 2.24) is 4.98 Å². The molecule has 0 saturated carbocycles. The maximum absolute atomic E-state index is 4.35. The van der Waals surface area contributed by atoms with E-state index < -0.39 is 0 Å². The predicted octanol–water partition coefficient (Wildman–Crippen LogP) is 3.42. The lowest BCUT2D eigenvalue weighted by molar-refractivity contribution is 0.830. The second kappa shape index (κ2) is 4.21. The Morgan fingerprint density at radius 1 is 1.12 bits per heavy atom. The van der Waals surface area contributed by atoms with Crippen molar-refractivity contribution in [2.45, 2.75) is 19.8 Å². The average Bonchev–Trinajstić information content (AvgIpc) is 2.39. The number of aromatic nitrogens is 1. The number of benzene rings is 1. The average molecular weight is 224 g/mol. The second-order valence-electron chi connectivity index (χ2n) is 4.59. The van der Waals surface area contributed by atoms with Crippen molar-refractivity contribution < 1.29 is 0 Å². The number of pyridine rings is 1. The van der Waals surface area contributed by atoms with E-state index in [0.717, 1.165) is 12.2 Å². The van der Waals surface area contributed by atoms with E-state index >= 15 is 0 Å². The Bertz CT molecular complexity index is 529. The van der Waals surface area contributed by atoms with Gasteiger partial charge in [0.2, 0.25) is 0 Å². The molecule has 1 N–H and O–H groups in total. The highest BCUT2D eigenvalue weighted by Crippen LogP contribution is 2.27. The maximum atomic E-state index is 4.35. The molecule has 0 spiro atoms. The summed E-state index contributed by atoms with van der Waals surface area (Å²) in [6.45, 7) is 3.11. The number of nitrogens with zero attached hydrogens (tertiary/aromatic N) is 1. The summed E-state index contributed by atoms with van der Waals surface area (Å²) in [7, 11) is 0. The Hall–Kier alpha value is -1.83. The number of hydrogen-bond donors (Lipinski definition) is 1.